The van der Waals surface area contributed by atoms with Gasteiger partial charge in [0, 0.05) is 16.7 Å². The van der Waals surface area contributed by atoms with Crippen LogP contribution >= 0.6 is 23.2 Å². The molecular formula is C20H15Cl2F2N5O2. The lowest BCUT2D eigenvalue weighted by Gasteiger charge is -2.35. The predicted octanol–water partition coefficient (Wildman–Crippen LogP) is 3.72. The molecule has 4 aromatic rings. The minimum atomic E-state index is -2.02. The molecule has 11 heteroatoms. The van der Waals surface area contributed by atoms with E-state index in [1.807, 2.05) is 0 Å². The third-order valence-electron chi connectivity index (χ3n) is 5.18. The zero-order chi connectivity index (χ0) is 22.3. The molecule has 0 unspecified atom stereocenters. The third kappa shape index (κ3) is 3.80. The van der Waals surface area contributed by atoms with Crippen LogP contribution in [0.3, 0.4) is 0 Å². The molecule has 0 fully saturated rings. The number of nitrogens with zero attached hydrogens (tertiary/aromatic N) is 5. The summed E-state index contributed by atoms with van der Waals surface area (Å²) in [4.78, 5) is 21.2. The van der Waals surface area contributed by atoms with Gasteiger partial charge in [0.2, 0.25) is 0 Å². The minimum absolute atomic E-state index is 0.134. The largest absolute Gasteiger partial charge is 0.381 e. The highest BCUT2D eigenvalue weighted by Crippen LogP contribution is 2.36. The van der Waals surface area contributed by atoms with Crippen molar-refractivity contribution >= 4 is 34.1 Å². The highest BCUT2D eigenvalue weighted by Gasteiger charge is 2.41. The summed E-state index contributed by atoms with van der Waals surface area (Å²) in [5.41, 5.74) is -2.53. The Morgan fingerprint density at radius 2 is 1.97 bits per heavy atom. The van der Waals surface area contributed by atoms with Gasteiger partial charge in [0.25, 0.3) is 5.56 Å². The van der Waals surface area contributed by atoms with E-state index < -0.39 is 28.8 Å². The number of rotatable bonds is 5. The number of halogens is 4. The summed E-state index contributed by atoms with van der Waals surface area (Å²) < 4.78 is 30.7. The van der Waals surface area contributed by atoms with Gasteiger partial charge in [-0.25, -0.2) is 23.4 Å². The van der Waals surface area contributed by atoms with Gasteiger partial charge in [-0.05, 0) is 25.1 Å². The maximum atomic E-state index is 14.7. The summed E-state index contributed by atoms with van der Waals surface area (Å²) in [6, 6.07) is 4.63. The summed E-state index contributed by atoms with van der Waals surface area (Å²) in [6.07, 6.45) is 3.79. The van der Waals surface area contributed by atoms with E-state index in [-0.39, 0.29) is 33.1 Å². The number of aromatic nitrogens is 5. The van der Waals surface area contributed by atoms with E-state index in [1.165, 1.54) is 42.7 Å². The van der Waals surface area contributed by atoms with Gasteiger partial charge in [-0.1, -0.05) is 29.3 Å². The van der Waals surface area contributed by atoms with E-state index in [0.29, 0.717) is 6.07 Å². The Hall–Kier alpha value is -2.88. The predicted molar refractivity (Wildman–Crippen MR) is 111 cm³/mol. The summed E-state index contributed by atoms with van der Waals surface area (Å²) in [5.74, 6) is -1.77. The van der Waals surface area contributed by atoms with Gasteiger partial charge >= 0.3 is 0 Å². The average Bonchev–Trinajstić information content (AvgIpc) is 3.21. The number of fused-ring (bicyclic) bond motifs is 1. The first-order chi connectivity index (χ1) is 14.7. The molecule has 31 heavy (non-hydrogen) atoms. The summed E-state index contributed by atoms with van der Waals surface area (Å²) in [5, 5.41) is 16.2. The van der Waals surface area contributed by atoms with E-state index in [1.54, 1.807) is 0 Å². The smallest absolute Gasteiger partial charge is 0.261 e. The standard InChI is InChI=1S/C20H15Cl2F2N5O2/c1-11(29-10-26-18-14(19(29)30)4-12(21)5-16(18)22)20(31,7-28-9-25-8-27-28)15-3-2-13(23)6-17(15)24/h2-6,8-11,31H,7H2,1H3/t11-,20-/m1/s1. The van der Waals surface area contributed by atoms with E-state index in [9.17, 15) is 18.7 Å². The molecule has 0 saturated heterocycles. The van der Waals surface area contributed by atoms with Crippen LogP contribution in [0.4, 0.5) is 8.78 Å². The second-order valence-electron chi connectivity index (χ2n) is 7.06. The zero-order valence-corrected chi connectivity index (χ0v) is 17.5. The van der Waals surface area contributed by atoms with Crippen LogP contribution in [0, 0.1) is 11.6 Å². The Balaban J connectivity index is 1.91. The highest BCUT2D eigenvalue weighted by molar-refractivity contribution is 6.38. The average molecular weight is 466 g/mol. The fraction of sp³-hybridized carbons (Fsp3) is 0.200. The molecule has 0 spiro atoms. The van der Waals surface area contributed by atoms with Gasteiger partial charge in [-0.15, -0.1) is 0 Å². The SMILES string of the molecule is C[C@@H](n1cnc2c(Cl)cc(Cl)cc2c1=O)[C@](O)(Cn1cncn1)c1ccc(F)cc1F. The summed E-state index contributed by atoms with van der Waals surface area (Å²) in [6.45, 7) is 1.25. The molecule has 2 atom stereocenters. The summed E-state index contributed by atoms with van der Waals surface area (Å²) in [7, 11) is 0. The fourth-order valence-corrected chi connectivity index (χ4v) is 4.06. The van der Waals surface area contributed by atoms with Crippen molar-refractivity contribution in [1.29, 1.82) is 0 Å². The molecular weight excluding hydrogens is 451 g/mol. The Labute approximate surface area is 184 Å². The number of aliphatic hydroxyl groups is 1. The minimum Gasteiger partial charge on any atom is -0.381 e. The second-order valence-corrected chi connectivity index (χ2v) is 7.90. The van der Waals surface area contributed by atoms with Crippen molar-refractivity contribution in [3.63, 3.8) is 0 Å². The van der Waals surface area contributed by atoms with Crippen molar-refractivity contribution < 1.29 is 13.9 Å². The molecule has 0 bridgehead atoms. The van der Waals surface area contributed by atoms with Crippen molar-refractivity contribution in [2.45, 2.75) is 25.1 Å². The molecule has 4 rings (SSSR count). The van der Waals surface area contributed by atoms with E-state index >= 15 is 0 Å². The van der Waals surface area contributed by atoms with E-state index in [0.717, 1.165) is 16.7 Å². The first kappa shape index (κ1) is 21.4. The molecule has 2 heterocycles. The molecule has 0 radical (unpaired) electrons. The second kappa shape index (κ2) is 7.99. The quantitative estimate of drug-likeness (QED) is 0.485. The first-order valence-corrected chi connectivity index (χ1v) is 9.82. The lowest BCUT2D eigenvalue weighted by atomic mass is 9.86. The Morgan fingerprint density at radius 3 is 2.65 bits per heavy atom. The maximum Gasteiger partial charge on any atom is 0.261 e. The van der Waals surface area contributed by atoms with Crippen molar-refractivity contribution in [2.24, 2.45) is 0 Å². The van der Waals surface area contributed by atoms with Crippen LogP contribution in [-0.4, -0.2) is 29.4 Å². The molecule has 0 aliphatic heterocycles. The number of benzene rings is 2. The molecule has 1 N–H and O–H groups in total. The lowest BCUT2D eigenvalue weighted by molar-refractivity contribution is -0.0343. The van der Waals surface area contributed by atoms with Gasteiger partial charge in [0.15, 0.2) is 0 Å². The van der Waals surface area contributed by atoms with Crippen LogP contribution in [0.1, 0.15) is 18.5 Å². The maximum absolute atomic E-state index is 14.7. The zero-order valence-electron chi connectivity index (χ0n) is 16.0. The van der Waals surface area contributed by atoms with Crippen molar-refractivity contribution in [1.82, 2.24) is 24.3 Å². The molecule has 2 aromatic heterocycles. The van der Waals surface area contributed by atoms with Crippen LogP contribution < -0.4 is 5.56 Å². The van der Waals surface area contributed by atoms with Gasteiger partial charge < -0.3 is 5.11 Å². The van der Waals surface area contributed by atoms with E-state index in [4.69, 9.17) is 23.2 Å². The topological polar surface area (TPSA) is 85.8 Å². The number of hydrogen-bond acceptors (Lipinski definition) is 5. The van der Waals surface area contributed by atoms with Gasteiger partial charge in [0.1, 0.15) is 29.9 Å². The molecule has 0 amide bonds. The molecule has 7 nitrogen and oxygen atoms in total. The van der Waals surface area contributed by atoms with Crippen LogP contribution in [0.5, 0.6) is 0 Å². The Kier molecular flexibility index (Phi) is 5.50. The molecule has 0 aliphatic carbocycles. The van der Waals surface area contributed by atoms with E-state index in [2.05, 4.69) is 15.1 Å². The molecule has 0 saturated carbocycles. The normalized spacial score (nSPS) is 14.5. The lowest BCUT2D eigenvalue weighted by Crippen LogP contribution is -2.43. The van der Waals surface area contributed by atoms with Crippen molar-refractivity contribution in [3.05, 3.63) is 86.9 Å². The Morgan fingerprint density at radius 1 is 1.19 bits per heavy atom. The van der Waals surface area contributed by atoms with Crippen LogP contribution in [0.25, 0.3) is 10.9 Å². The first-order valence-electron chi connectivity index (χ1n) is 9.07. The monoisotopic (exact) mass is 465 g/mol. The number of hydrogen-bond donors (Lipinski definition) is 1. The summed E-state index contributed by atoms with van der Waals surface area (Å²) >= 11 is 12.2. The van der Waals surface area contributed by atoms with Gasteiger partial charge in [-0.3, -0.25) is 9.36 Å². The Bertz CT molecular complexity index is 1330. The third-order valence-corrected chi connectivity index (χ3v) is 5.69. The van der Waals surface area contributed by atoms with Gasteiger partial charge in [-0.2, -0.15) is 5.10 Å². The van der Waals surface area contributed by atoms with Crippen molar-refractivity contribution in [3.8, 4) is 0 Å². The fourth-order valence-electron chi connectivity index (χ4n) is 3.52. The van der Waals surface area contributed by atoms with Crippen LogP contribution in [0.2, 0.25) is 10.0 Å². The molecule has 2 aromatic carbocycles. The molecule has 160 valence electrons. The highest BCUT2D eigenvalue weighted by atomic mass is 35.5. The van der Waals surface area contributed by atoms with Crippen LogP contribution in [0.15, 0.2) is 54.1 Å². The van der Waals surface area contributed by atoms with Gasteiger partial charge in [0.05, 0.1) is 34.8 Å². The van der Waals surface area contributed by atoms with Crippen LogP contribution in [-0.2, 0) is 12.1 Å². The van der Waals surface area contributed by atoms with Crippen molar-refractivity contribution in [2.75, 3.05) is 0 Å². The molecule has 0 aliphatic rings.